The van der Waals surface area contributed by atoms with Gasteiger partial charge in [0, 0.05) is 17.6 Å². The zero-order valence-corrected chi connectivity index (χ0v) is 19.4. The normalized spacial score (nSPS) is 16.5. The Labute approximate surface area is 190 Å². The van der Waals surface area contributed by atoms with Gasteiger partial charge in [0.1, 0.15) is 0 Å². The standard InChI is InChI=1S/C27H32N2O3/c1-18(20-12-11-19-8-5-6-9-21(19)14-20)29(2)13-7-10-23-15-22-16-25(31-3)26(32-4)17-24(22)27(30)28-23/h5-6,8-9,11-12,14,16-18,23H,7,10,13,15H2,1-4H3,(H,28,30). The zero-order valence-electron chi connectivity index (χ0n) is 19.4. The van der Waals surface area contributed by atoms with Crippen molar-refractivity contribution in [3.05, 3.63) is 71.3 Å². The lowest BCUT2D eigenvalue weighted by Crippen LogP contribution is -2.41. The van der Waals surface area contributed by atoms with E-state index in [0.717, 1.165) is 31.4 Å². The molecule has 2 unspecified atom stereocenters. The predicted octanol–water partition coefficient (Wildman–Crippen LogP) is 4.98. The SMILES string of the molecule is COc1cc2c(cc1OC)C(=O)NC(CCCN(C)C(C)c1ccc3ccccc3c1)C2. The summed E-state index contributed by atoms with van der Waals surface area (Å²) in [6.45, 7) is 3.22. The second-order valence-corrected chi connectivity index (χ2v) is 8.64. The van der Waals surface area contributed by atoms with Crippen LogP contribution in [-0.4, -0.2) is 44.7 Å². The minimum Gasteiger partial charge on any atom is -0.493 e. The van der Waals surface area contributed by atoms with E-state index < -0.39 is 0 Å². The van der Waals surface area contributed by atoms with Crippen LogP contribution in [0.25, 0.3) is 10.8 Å². The number of hydrogen-bond acceptors (Lipinski definition) is 4. The molecule has 1 aliphatic heterocycles. The average molecular weight is 433 g/mol. The Kier molecular flexibility index (Phi) is 6.66. The highest BCUT2D eigenvalue weighted by atomic mass is 16.5. The lowest BCUT2D eigenvalue weighted by molar-refractivity contribution is 0.0920. The molecule has 0 aliphatic carbocycles. The molecule has 5 nitrogen and oxygen atoms in total. The van der Waals surface area contributed by atoms with Crippen molar-refractivity contribution in [1.82, 2.24) is 10.2 Å². The fraction of sp³-hybridized carbons (Fsp3) is 0.370. The fourth-order valence-electron chi connectivity index (χ4n) is 4.56. The van der Waals surface area contributed by atoms with E-state index in [2.05, 4.69) is 66.7 Å². The van der Waals surface area contributed by atoms with Gasteiger partial charge in [-0.25, -0.2) is 0 Å². The molecular weight excluding hydrogens is 400 g/mol. The largest absolute Gasteiger partial charge is 0.493 e. The van der Waals surface area contributed by atoms with E-state index >= 15 is 0 Å². The molecule has 0 fully saturated rings. The first-order valence-corrected chi connectivity index (χ1v) is 11.2. The Morgan fingerprint density at radius 1 is 1.03 bits per heavy atom. The Morgan fingerprint density at radius 2 is 1.75 bits per heavy atom. The quantitative estimate of drug-likeness (QED) is 0.545. The van der Waals surface area contributed by atoms with Gasteiger partial charge in [-0.3, -0.25) is 9.69 Å². The highest BCUT2D eigenvalue weighted by Crippen LogP contribution is 2.33. The number of ether oxygens (including phenoxy) is 2. The molecule has 1 N–H and O–H groups in total. The van der Waals surface area contributed by atoms with Crippen LogP contribution in [0.5, 0.6) is 11.5 Å². The first kappa shape index (κ1) is 22.2. The lowest BCUT2D eigenvalue weighted by atomic mass is 9.92. The maximum atomic E-state index is 12.6. The molecule has 5 heteroatoms. The predicted molar refractivity (Wildman–Crippen MR) is 129 cm³/mol. The number of carbonyl (C=O) groups excluding carboxylic acids is 1. The molecule has 32 heavy (non-hydrogen) atoms. The number of methoxy groups -OCH3 is 2. The number of benzene rings is 3. The van der Waals surface area contributed by atoms with E-state index in [1.165, 1.54) is 16.3 Å². The third kappa shape index (κ3) is 4.58. The number of rotatable bonds is 8. The molecule has 3 aromatic rings. The molecular formula is C27H32N2O3. The summed E-state index contributed by atoms with van der Waals surface area (Å²) in [4.78, 5) is 15.0. The number of nitrogens with zero attached hydrogens (tertiary/aromatic N) is 1. The molecule has 0 spiro atoms. The van der Waals surface area contributed by atoms with Crippen molar-refractivity contribution in [3.8, 4) is 11.5 Å². The number of nitrogens with one attached hydrogen (secondary N) is 1. The van der Waals surface area contributed by atoms with E-state index in [-0.39, 0.29) is 11.9 Å². The third-order valence-electron chi connectivity index (χ3n) is 6.64. The second-order valence-electron chi connectivity index (χ2n) is 8.64. The van der Waals surface area contributed by atoms with Gasteiger partial charge in [0.2, 0.25) is 0 Å². The van der Waals surface area contributed by atoms with Crippen molar-refractivity contribution in [2.24, 2.45) is 0 Å². The van der Waals surface area contributed by atoms with Gasteiger partial charge in [0.15, 0.2) is 11.5 Å². The fourth-order valence-corrected chi connectivity index (χ4v) is 4.56. The van der Waals surface area contributed by atoms with E-state index in [4.69, 9.17) is 9.47 Å². The van der Waals surface area contributed by atoms with Gasteiger partial charge < -0.3 is 14.8 Å². The van der Waals surface area contributed by atoms with E-state index in [0.29, 0.717) is 23.1 Å². The monoisotopic (exact) mass is 432 g/mol. The lowest BCUT2D eigenvalue weighted by Gasteiger charge is -2.29. The number of hydrogen-bond donors (Lipinski definition) is 1. The van der Waals surface area contributed by atoms with Crippen molar-refractivity contribution < 1.29 is 14.3 Å². The summed E-state index contributed by atoms with van der Waals surface area (Å²) in [6.07, 6.45) is 2.77. The van der Waals surface area contributed by atoms with Crippen LogP contribution in [0.4, 0.5) is 0 Å². The van der Waals surface area contributed by atoms with E-state index in [1.807, 2.05) is 6.07 Å². The summed E-state index contributed by atoms with van der Waals surface area (Å²) in [5.41, 5.74) is 3.03. The molecule has 2 atom stereocenters. The van der Waals surface area contributed by atoms with Gasteiger partial charge in [0.05, 0.1) is 14.2 Å². The van der Waals surface area contributed by atoms with Gasteiger partial charge in [-0.1, -0.05) is 36.4 Å². The van der Waals surface area contributed by atoms with Crippen LogP contribution in [0.1, 0.15) is 47.3 Å². The maximum Gasteiger partial charge on any atom is 0.251 e. The van der Waals surface area contributed by atoms with Crippen LogP contribution in [0.2, 0.25) is 0 Å². The molecule has 0 radical (unpaired) electrons. The number of fused-ring (bicyclic) bond motifs is 2. The smallest absolute Gasteiger partial charge is 0.251 e. The van der Waals surface area contributed by atoms with Gasteiger partial charge in [-0.2, -0.15) is 0 Å². The third-order valence-corrected chi connectivity index (χ3v) is 6.64. The molecule has 0 bridgehead atoms. The van der Waals surface area contributed by atoms with Gasteiger partial charge in [-0.15, -0.1) is 0 Å². The van der Waals surface area contributed by atoms with Crippen LogP contribution in [-0.2, 0) is 6.42 Å². The van der Waals surface area contributed by atoms with Crippen molar-refractivity contribution in [1.29, 1.82) is 0 Å². The van der Waals surface area contributed by atoms with Crippen molar-refractivity contribution in [2.75, 3.05) is 27.8 Å². The molecule has 1 heterocycles. The molecule has 168 valence electrons. The summed E-state index contributed by atoms with van der Waals surface area (Å²) in [5.74, 6) is 1.22. The Morgan fingerprint density at radius 3 is 2.50 bits per heavy atom. The second kappa shape index (κ2) is 9.61. The molecule has 3 aromatic carbocycles. The maximum absolute atomic E-state index is 12.6. The zero-order chi connectivity index (χ0) is 22.7. The summed E-state index contributed by atoms with van der Waals surface area (Å²) in [7, 11) is 5.38. The molecule has 1 aliphatic rings. The molecule has 4 rings (SSSR count). The first-order chi connectivity index (χ1) is 15.5. The van der Waals surface area contributed by atoms with Crippen LogP contribution < -0.4 is 14.8 Å². The van der Waals surface area contributed by atoms with Crippen LogP contribution in [0.3, 0.4) is 0 Å². The molecule has 0 aromatic heterocycles. The Balaban J connectivity index is 1.35. The Hall–Kier alpha value is -3.05. The molecule has 1 amide bonds. The minimum absolute atomic E-state index is 0.0323. The topological polar surface area (TPSA) is 50.8 Å². The van der Waals surface area contributed by atoms with Gasteiger partial charge in [-0.05, 0) is 79.9 Å². The highest BCUT2D eigenvalue weighted by molar-refractivity contribution is 5.97. The minimum atomic E-state index is -0.0323. The first-order valence-electron chi connectivity index (χ1n) is 11.2. The Bertz CT molecular complexity index is 1110. The summed E-state index contributed by atoms with van der Waals surface area (Å²) in [5, 5.41) is 5.71. The number of amides is 1. The summed E-state index contributed by atoms with van der Waals surface area (Å²) < 4.78 is 10.8. The van der Waals surface area contributed by atoms with Crippen molar-refractivity contribution in [3.63, 3.8) is 0 Å². The van der Waals surface area contributed by atoms with Crippen LogP contribution in [0, 0.1) is 0 Å². The highest BCUT2D eigenvalue weighted by Gasteiger charge is 2.26. The van der Waals surface area contributed by atoms with Crippen LogP contribution in [0.15, 0.2) is 54.6 Å². The molecule has 0 saturated carbocycles. The number of carbonyl (C=O) groups is 1. The van der Waals surface area contributed by atoms with E-state index in [9.17, 15) is 4.79 Å². The summed E-state index contributed by atoms with van der Waals surface area (Å²) in [6, 6.07) is 19.4. The van der Waals surface area contributed by atoms with Gasteiger partial charge >= 0.3 is 0 Å². The van der Waals surface area contributed by atoms with Crippen molar-refractivity contribution >= 4 is 16.7 Å². The van der Waals surface area contributed by atoms with Crippen molar-refractivity contribution in [2.45, 2.75) is 38.3 Å². The van der Waals surface area contributed by atoms with Crippen LogP contribution >= 0.6 is 0 Å². The average Bonchev–Trinajstić information content (AvgIpc) is 2.82. The summed E-state index contributed by atoms with van der Waals surface area (Å²) >= 11 is 0. The molecule has 0 saturated heterocycles. The van der Waals surface area contributed by atoms with Gasteiger partial charge in [0.25, 0.3) is 5.91 Å². The van der Waals surface area contributed by atoms with E-state index in [1.54, 1.807) is 20.3 Å².